The number of esters is 1. The minimum atomic E-state index is -0.723. The van der Waals surface area contributed by atoms with E-state index < -0.39 is 6.10 Å². The molecular weight excluding hydrogens is 538 g/mol. The van der Waals surface area contributed by atoms with E-state index in [4.69, 9.17) is 9.47 Å². The Morgan fingerprint density at radius 1 is 0.737 bits per heavy atom. The van der Waals surface area contributed by atoms with Crippen LogP contribution in [0.2, 0.25) is 0 Å². The lowest BCUT2D eigenvalue weighted by Gasteiger charge is -2.18. The highest BCUT2D eigenvalue weighted by atomic mass is 79.9. The smallest absolute Gasteiger partial charge is 0.347 e. The molecule has 5 heteroatoms. The molecule has 0 spiro atoms. The van der Waals surface area contributed by atoms with Gasteiger partial charge in [-0.05, 0) is 84.3 Å². The normalized spacial score (nSPS) is 11.6. The molecule has 1 aromatic heterocycles. The van der Waals surface area contributed by atoms with E-state index in [-0.39, 0.29) is 5.97 Å². The van der Waals surface area contributed by atoms with Crippen LogP contribution in [-0.2, 0) is 16.0 Å². The number of rotatable bonds is 9. The standard InChI is InChI=1S/C33H28BrNO3/c1-2-37-33(36)32(23-24-9-5-3-6-10-24)38-29-19-13-26(14-20-29)31-22-21-30(25-11-7-4-8-12-25)35(31)28-17-15-27(34)16-18-28/h3-22,32H,2,23H2,1H3/t32-/m1/s1. The molecule has 4 nitrogen and oxygen atoms in total. The third-order valence-corrected chi connectivity index (χ3v) is 6.81. The molecule has 0 fully saturated rings. The van der Waals surface area contributed by atoms with Gasteiger partial charge in [-0.15, -0.1) is 0 Å². The molecule has 4 aromatic carbocycles. The van der Waals surface area contributed by atoms with Gasteiger partial charge in [0.05, 0.1) is 18.0 Å². The second-order valence-corrected chi connectivity index (χ2v) is 9.77. The Kier molecular flexibility index (Phi) is 8.05. The van der Waals surface area contributed by atoms with Gasteiger partial charge < -0.3 is 14.0 Å². The van der Waals surface area contributed by atoms with Crippen molar-refractivity contribution >= 4 is 21.9 Å². The van der Waals surface area contributed by atoms with Crippen LogP contribution < -0.4 is 4.74 Å². The number of carbonyl (C=O) groups excluding carboxylic acids is 1. The molecular formula is C33H28BrNO3. The molecule has 190 valence electrons. The van der Waals surface area contributed by atoms with Crippen LogP contribution in [0.1, 0.15) is 12.5 Å². The van der Waals surface area contributed by atoms with Gasteiger partial charge in [0.2, 0.25) is 0 Å². The highest BCUT2D eigenvalue weighted by Crippen LogP contribution is 2.33. The largest absolute Gasteiger partial charge is 0.478 e. The second-order valence-electron chi connectivity index (χ2n) is 8.85. The Bertz CT molecular complexity index is 1480. The number of halogens is 1. The molecule has 0 saturated heterocycles. The van der Waals surface area contributed by atoms with Crippen LogP contribution in [0.3, 0.4) is 0 Å². The molecule has 0 aliphatic rings. The van der Waals surface area contributed by atoms with Gasteiger partial charge in [0.1, 0.15) is 5.75 Å². The predicted octanol–water partition coefficient (Wildman–Crippen LogP) is 8.13. The van der Waals surface area contributed by atoms with Crippen LogP contribution in [0, 0.1) is 0 Å². The monoisotopic (exact) mass is 565 g/mol. The maximum absolute atomic E-state index is 12.6. The summed E-state index contributed by atoms with van der Waals surface area (Å²) in [6.45, 7) is 2.11. The maximum Gasteiger partial charge on any atom is 0.347 e. The summed E-state index contributed by atoms with van der Waals surface area (Å²) in [6.07, 6.45) is -0.284. The van der Waals surface area contributed by atoms with Crippen molar-refractivity contribution in [3.05, 3.63) is 131 Å². The molecule has 0 aliphatic carbocycles. The van der Waals surface area contributed by atoms with Crippen molar-refractivity contribution in [2.75, 3.05) is 6.61 Å². The van der Waals surface area contributed by atoms with Crippen molar-refractivity contribution in [3.8, 4) is 34.0 Å². The molecule has 0 amide bonds. The van der Waals surface area contributed by atoms with E-state index in [0.717, 1.165) is 38.2 Å². The number of aromatic nitrogens is 1. The zero-order valence-corrected chi connectivity index (χ0v) is 22.7. The fourth-order valence-corrected chi connectivity index (χ4v) is 4.73. The molecule has 0 radical (unpaired) electrons. The van der Waals surface area contributed by atoms with E-state index in [1.807, 2.05) is 72.8 Å². The second kappa shape index (κ2) is 12.0. The minimum Gasteiger partial charge on any atom is -0.478 e. The lowest BCUT2D eigenvalue weighted by Crippen LogP contribution is -2.31. The van der Waals surface area contributed by atoms with Crippen LogP contribution in [-0.4, -0.2) is 23.2 Å². The summed E-state index contributed by atoms with van der Waals surface area (Å²) < 4.78 is 14.7. The van der Waals surface area contributed by atoms with E-state index in [2.05, 4.69) is 69.0 Å². The predicted molar refractivity (Wildman–Crippen MR) is 156 cm³/mol. The number of hydrogen-bond acceptors (Lipinski definition) is 3. The first-order valence-electron chi connectivity index (χ1n) is 12.6. The van der Waals surface area contributed by atoms with Crippen LogP contribution in [0.5, 0.6) is 5.75 Å². The van der Waals surface area contributed by atoms with Crippen molar-refractivity contribution in [1.29, 1.82) is 0 Å². The molecule has 0 bridgehead atoms. The van der Waals surface area contributed by atoms with Crippen molar-refractivity contribution in [1.82, 2.24) is 4.57 Å². The topological polar surface area (TPSA) is 40.5 Å². The van der Waals surface area contributed by atoms with Gasteiger partial charge in [0.15, 0.2) is 6.10 Å². The summed E-state index contributed by atoms with van der Waals surface area (Å²) in [4.78, 5) is 12.6. The van der Waals surface area contributed by atoms with Gasteiger partial charge in [-0.1, -0.05) is 76.6 Å². The lowest BCUT2D eigenvalue weighted by molar-refractivity contribution is -0.151. The molecule has 0 N–H and O–H groups in total. The van der Waals surface area contributed by atoms with Crippen molar-refractivity contribution in [2.45, 2.75) is 19.4 Å². The fraction of sp³-hybridized carbons (Fsp3) is 0.121. The lowest BCUT2D eigenvalue weighted by atomic mass is 10.1. The highest BCUT2D eigenvalue weighted by Gasteiger charge is 2.23. The molecule has 0 aliphatic heterocycles. The summed E-state index contributed by atoms with van der Waals surface area (Å²) >= 11 is 3.55. The summed E-state index contributed by atoms with van der Waals surface area (Å²) in [5.41, 5.74) is 6.43. The number of nitrogens with zero attached hydrogens (tertiary/aromatic N) is 1. The van der Waals surface area contributed by atoms with Gasteiger partial charge in [0.25, 0.3) is 0 Å². The Hall–Kier alpha value is -4.09. The molecule has 38 heavy (non-hydrogen) atoms. The van der Waals surface area contributed by atoms with Crippen LogP contribution in [0.25, 0.3) is 28.2 Å². The van der Waals surface area contributed by atoms with Crippen LogP contribution in [0.15, 0.2) is 126 Å². The third-order valence-electron chi connectivity index (χ3n) is 6.28. The fourth-order valence-electron chi connectivity index (χ4n) is 4.47. The summed E-state index contributed by atoms with van der Waals surface area (Å²) in [6, 6.07) is 40.7. The van der Waals surface area contributed by atoms with Gasteiger partial charge in [-0.2, -0.15) is 0 Å². The zero-order chi connectivity index (χ0) is 26.3. The van der Waals surface area contributed by atoms with E-state index in [0.29, 0.717) is 18.8 Å². The minimum absolute atomic E-state index is 0.309. The first kappa shape index (κ1) is 25.6. The number of carbonyl (C=O) groups is 1. The van der Waals surface area contributed by atoms with Crippen molar-refractivity contribution in [3.63, 3.8) is 0 Å². The highest BCUT2D eigenvalue weighted by molar-refractivity contribution is 9.10. The summed E-state index contributed by atoms with van der Waals surface area (Å²) in [5, 5.41) is 0. The van der Waals surface area contributed by atoms with Gasteiger partial charge in [-0.3, -0.25) is 0 Å². The van der Waals surface area contributed by atoms with Crippen molar-refractivity contribution < 1.29 is 14.3 Å². The molecule has 0 unspecified atom stereocenters. The Morgan fingerprint density at radius 3 is 1.92 bits per heavy atom. The summed E-state index contributed by atoms with van der Waals surface area (Å²) in [7, 11) is 0. The molecule has 5 aromatic rings. The molecule has 5 rings (SSSR count). The van der Waals surface area contributed by atoms with Gasteiger partial charge >= 0.3 is 5.97 Å². The first-order valence-corrected chi connectivity index (χ1v) is 13.4. The van der Waals surface area contributed by atoms with E-state index in [1.165, 1.54) is 0 Å². The number of benzene rings is 4. The third kappa shape index (κ3) is 5.90. The van der Waals surface area contributed by atoms with E-state index >= 15 is 0 Å². The average Bonchev–Trinajstić information content (AvgIpc) is 3.40. The van der Waals surface area contributed by atoms with Gasteiger partial charge in [-0.25, -0.2) is 4.79 Å². The molecule has 0 saturated carbocycles. The van der Waals surface area contributed by atoms with Crippen molar-refractivity contribution in [2.24, 2.45) is 0 Å². The maximum atomic E-state index is 12.6. The average molecular weight is 566 g/mol. The Labute approximate surface area is 231 Å². The van der Waals surface area contributed by atoms with Crippen LogP contribution >= 0.6 is 15.9 Å². The van der Waals surface area contributed by atoms with Crippen LogP contribution in [0.4, 0.5) is 0 Å². The van der Waals surface area contributed by atoms with E-state index in [1.54, 1.807) is 6.92 Å². The quantitative estimate of drug-likeness (QED) is 0.169. The summed E-state index contributed by atoms with van der Waals surface area (Å²) in [5.74, 6) is 0.254. The SMILES string of the molecule is CCOC(=O)[C@@H](Cc1ccccc1)Oc1ccc(-c2ccc(-c3ccccc3)n2-c2ccc(Br)cc2)cc1. The first-order chi connectivity index (χ1) is 18.6. The molecule has 1 heterocycles. The van der Waals surface area contributed by atoms with E-state index in [9.17, 15) is 4.79 Å². The number of ether oxygens (including phenoxy) is 2. The zero-order valence-electron chi connectivity index (χ0n) is 21.1. The Balaban J connectivity index is 1.46. The number of hydrogen-bond donors (Lipinski definition) is 0. The van der Waals surface area contributed by atoms with Gasteiger partial charge in [0, 0.05) is 16.6 Å². The Morgan fingerprint density at radius 2 is 1.32 bits per heavy atom. The molecule has 1 atom stereocenters.